The molecule has 0 saturated carbocycles. The van der Waals surface area contributed by atoms with E-state index in [4.69, 9.17) is 0 Å². The Morgan fingerprint density at radius 1 is 1.00 bits per heavy atom. The topological polar surface area (TPSA) is 49.4 Å². The third-order valence-electron chi connectivity index (χ3n) is 3.49. The summed E-state index contributed by atoms with van der Waals surface area (Å²) >= 11 is 0. The molecule has 0 aliphatic carbocycles. The Bertz CT molecular complexity index is 682. The molecule has 0 amide bonds. The molecule has 0 heterocycles. The largest absolute Gasteiger partial charge is 0.385 e. The molecule has 0 aliphatic heterocycles. The van der Waals surface area contributed by atoms with Gasteiger partial charge in [0.25, 0.3) is 10.0 Å². The molecule has 2 aromatic carbocycles. The van der Waals surface area contributed by atoms with Gasteiger partial charge >= 0.3 is 0 Å². The zero-order valence-corrected chi connectivity index (χ0v) is 13.8. The van der Waals surface area contributed by atoms with Crippen molar-refractivity contribution < 1.29 is 8.42 Å². The van der Waals surface area contributed by atoms with Gasteiger partial charge in [-0.1, -0.05) is 31.5 Å². The number of rotatable bonds is 7. The molecule has 0 fully saturated rings. The second kappa shape index (κ2) is 7.31. The zero-order chi connectivity index (χ0) is 16.0. The number of sulfonamides is 1. The number of nitrogens with zero attached hydrogens (tertiary/aromatic N) is 1. The number of para-hydroxylation sites is 1. The molecule has 118 valence electrons. The summed E-state index contributed by atoms with van der Waals surface area (Å²) in [6.07, 6.45) is 2.22. The summed E-state index contributed by atoms with van der Waals surface area (Å²) in [6.45, 7) is 3.03. The molecule has 0 spiro atoms. The van der Waals surface area contributed by atoms with Crippen molar-refractivity contribution in [2.45, 2.75) is 24.7 Å². The van der Waals surface area contributed by atoms with Crippen molar-refractivity contribution in [1.29, 1.82) is 0 Å². The molecule has 0 aromatic heterocycles. The van der Waals surface area contributed by atoms with E-state index in [0.717, 1.165) is 25.1 Å². The van der Waals surface area contributed by atoms with Gasteiger partial charge in [-0.25, -0.2) is 8.42 Å². The second-order valence-electron chi connectivity index (χ2n) is 5.11. The van der Waals surface area contributed by atoms with E-state index < -0.39 is 10.0 Å². The zero-order valence-electron chi connectivity index (χ0n) is 13.0. The predicted molar refractivity (Wildman–Crippen MR) is 91.9 cm³/mol. The summed E-state index contributed by atoms with van der Waals surface area (Å²) in [5.41, 5.74) is 1.59. The predicted octanol–water partition coefficient (Wildman–Crippen LogP) is 3.72. The van der Waals surface area contributed by atoms with Crippen molar-refractivity contribution in [3.8, 4) is 0 Å². The highest BCUT2D eigenvalue weighted by Crippen LogP contribution is 2.22. The molecule has 0 radical (unpaired) electrons. The average Bonchev–Trinajstić information content (AvgIpc) is 2.55. The fourth-order valence-electron chi connectivity index (χ4n) is 2.09. The van der Waals surface area contributed by atoms with Crippen LogP contribution < -0.4 is 9.62 Å². The summed E-state index contributed by atoms with van der Waals surface area (Å²) < 4.78 is 26.5. The Kier molecular flexibility index (Phi) is 5.44. The van der Waals surface area contributed by atoms with Crippen molar-refractivity contribution >= 4 is 21.4 Å². The summed E-state index contributed by atoms with van der Waals surface area (Å²) in [6, 6.07) is 16.0. The van der Waals surface area contributed by atoms with Gasteiger partial charge in [-0.05, 0) is 42.8 Å². The number of benzene rings is 2. The van der Waals surface area contributed by atoms with Crippen LogP contribution in [-0.4, -0.2) is 22.0 Å². The smallest absolute Gasteiger partial charge is 0.264 e. The molecular formula is C17H22N2O2S. The molecule has 0 aliphatic rings. The molecule has 0 atom stereocenters. The lowest BCUT2D eigenvalue weighted by Crippen LogP contribution is -2.26. The van der Waals surface area contributed by atoms with Crippen molar-refractivity contribution in [2.24, 2.45) is 0 Å². The number of hydrogen-bond donors (Lipinski definition) is 1. The van der Waals surface area contributed by atoms with Gasteiger partial charge in [0.1, 0.15) is 0 Å². The molecule has 2 rings (SSSR count). The summed E-state index contributed by atoms with van der Waals surface area (Å²) in [5.74, 6) is 0. The van der Waals surface area contributed by atoms with Crippen LogP contribution in [-0.2, 0) is 10.0 Å². The van der Waals surface area contributed by atoms with Crippen molar-refractivity contribution in [3.63, 3.8) is 0 Å². The molecule has 4 nitrogen and oxygen atoms in total. The van der Waals surface area contributed by atoms with Crippen LogP contribution in [0.1, 0.15) is 19.8 Å². The van der Waals surface area contributed by atoms with Crippen LogP contribution in [0, 0.1) is 0 Å². The van der Waals surface area contributed by atoms with E-state index in [1.54, 1.807) is 43.4 Å². The van der Waals surface area contributed by atoms with Crippen molar-refractivity contribution in [3.05, 3.63) is 54.6 Å². The number of unbranched alkanes of at least 4 members (excludes halogenated alkanes) is 1. The van der Waals surface area contributed by atoms with Gasteiger partial charge in [0.2, 0.25) is 0 Å². The summed E-state index contributed by atoms with van der Waals surface area (Å²) in [4.78, 5) is 0.292. The Balaban J connectivity index is 2.16. The molecule has 5 heteroatoms. The minimum absolute atomic E-state index is 0.292. The van der Waals surface area contributed by atoms with Crippen LogP contribution in [0.3, 0.4) is 0 Å². The Morgan fingerprint density at radius 3 is 2.23 bits per heavy atom. The number of nitrogens with one attached hydrogen (secondary N) is 1. The third kappa shape index (κ3) is 3.80. The van der Waals surface area contributed by atoms with Crippen LogP contribution in [0.2, 0.25) is 0 Å². The van der Waals surface area contributed by atoms with Gasteiger partial charge in [0.15, 0.2) is 0 Å². The highest BCUT2D eigenvalue weighted by atomic mass is 32.2. The molecular weight excluding hydrogens is 296 g/mol. The highest BCUT2D eigenvalue weighted by molar-refractivity contribution is 7.92. The monoisotopic (exact) mass is 318 g/mol. The minimum Gasteiger partial charge on any atom is -0.385 e. The van der Waals surface area contributed by atoms with Gasteiger partial charge in [-0.2, -0.15) is 0 Å². The lowest BCUT2D eigenvalue weighted by molar-refractivity contribution is 0.594. The van der Waals surface area contributed by atoms with Gasteiger partial charge in [0.05, 0.1) is 10.6 Å². The van der Waals surface area contributed by atoms with E-state index in [9.17, 15) is 8.42 Å². The Morgan fingerprint density at radius 2 is 1.64 bits per heavy atom. The molecule has 2 aromatic rings. The van der Waals surface area contributed by atoms with Crippen LogP contribution in [0.5, 0.6) is 0 Å². The van der Waals surface area contributed by atoms with E-state index in [-0.39, 0.29) is 0 Å². The fraction of sp³-hybridized carbons (Fsp3) is 0.294. The quantitative estimate of drug-likeness (QED) is 0.792. The third-order valence-corrected chi connectivity index (χ3v) is 5.29. The van der Waals surface area contributed by atoms with Crippen LogP contribution in [0.4, 0.5) is 11.4 Å². The first kappa shape index (κ1) is 16.4. The fourth-order valence-corrected chi connectivity index (χ4v) is 3.28. The normalized spacial score (nSPS) is 11.2. The van der Waals surface area contributed by atoms with Crippen molar-refractivity contribution in [1.82, 2.24) is 0 Å². The van der Waals surface area contributed by atoms with E-state index in [2.05, 4.69) is 12.2 Å². The van der Waals surface area contributed by atoms with Crippen LogP contribution in [0.15, 0.2) is 59.5 Å². The van der Waals surface area contributed by atoms with E-state index >= 15 is 0 Å². The molecule has 0 bridgehead atoms. The SMILES string of the molecule is CCCCNc1ccc(S(=O)(=O)N(C)c2ccccc2)cc1. The summed E-state index contributed by atoms with van der Waals surface area (Å²) in [5, 5.41) is 3.28. The summed E-state index contributed by atoms with van der Waals surface area (Å²) in [7, 11) is -1.96. The maximum atomic E-state index is 12.6. The van der Waals surface area contributed by atoms with E-state index in [1.165, 1.54) is 4.31 Å². The van der Waals surface area contributed by atoms with Gasteiger partial charge < -0.3 is 5.32 Å². The lowest BCUT2D eigenvalue weighted by atomic mass is 10.3. The molecule has 0 saturated heterocycles. The van der Waals surface area contributed by atoms with E-state index in [0.29, 0.717) is 10.6 Å². The molecule has 0 unspecified atom stereocenters. The first-order chi connectivity index (χ1) is 10.6. The van der Waals surface area contributed by atoms with Gasteiger partial charge in [-0.3, -0.25) is 4.31 Å². The first-order valence-electron chi connectivity index (χ1n) is 7.43. The molecule has 22 heavy (non-hydrogen) atoms. The maximum Gasteiger partial charge on any atom is 0.264 e. The standard InChI is InChI=1S/C17H22N2O2S/c1-3-4-14-18-15-10-12-17(13-11-15)22(20,21)19(2)16-8-6-5-7-9-16/h5-13,18H,3-4,14H2,1-2H3. The lowest BCUT2D eigenvalue weighted by Gasteiger charge is -2.19. The Labute approximate surface area is 132 Å². The van der Waals surface area contributed by atoms with Gasteiger partial charge in [-0.15, -0.1) is 0 Å². The number of anilines is 2. The maximum absolute atomic E-state index is 12.6. The van der Waals surface area contributed by atoms with Crippen LogP contribution >= 0.6 is 0 Å². The van der Waals surface area contributed by atoms with Crippen molar-refractivity contribution in [2.75, 3.05) is 23.2 Å². The van der Waals surface area contributed by atoms with Crippen LogP contribution in [0.25, 0.3) is 0 Å². The van der Waals surface area contributed by atoms with E-state index in [1.807, 2.05) is 18.2 Å². The molecule has 1 N–H and O–H groups in total. The Hall–Kier alpha value is -2.01. The number of hydrogen-bond acceptors (Lipinski definition) is 3. The van der Waals surface area contributed by atoms with Gasteiger partial charge in [0, 0.05) is 19.3 Å². The second-order valence-corrected chi connectivity index (χ2v) is 7.08. The highest BCUT2D eigenvalue weighted by Gasteiger charge is 2.20. The average molecular weight is 318 g/mol. The minimum atomic E-state index is -3.53. The first-order valence-corrected chi connectivity index (χ1v) is 8.87.